The third-order valence-corrected chi connectivity index (χ3v) is 2.58. The van der Waals surface area contributed by atoms with Crippen LogP contribution in [0.2, 0.25) is 0 Å². The van der Waals surface area contributed by atoms with Crippen LogP contribution in [0.5, 0.6) is 0 Å². The minimum absolute atomic E-state index is 0.0146. The van der Waals surface area contributed by atoms with E-state index in [1.54, 1.807) is 6.92 Å². The van der Waals surface area contributed by atoms with Crippen molar-refractivity contribution in [1.82, 2.24) is 0 Å². The summed E-state index contributed by atoms with van der Waals surface area (Å²) in [6, 6.07) is 9.76. The molecule has 1 rings (SSSR count). The summed E-state index contributed by atoms with van der Waals surface area (Å²) in [7, 11) is 0. The number of ether oxygens (including phenoxy) is 2. The molecular formula is C15H20O4. The number of Topliss-reactive ketones (excluding diaryl/α,β-unsaturated/α-hetero) is 1. The van der Waals surface area contributed by atoms with Gasteiger partial charge in [-0.1, -0.05) is 30.3 Å². The first-order chi connectivity index (χ1) is 9.09. The van der Waals surface area contributed by atoms with Crippen LogP contribution in [0.3, 0.4) is 0 Å². The molecule has 0 saturated heterocycles. The fourth-order valence-corrected chi connectivity index (χ4v) is 1.43. The summed E-state index contributed by atoms with van der Waals surface area (Å²) in [5, 5.41) is 0. The Labute approximate surface area is 113 Å². The second-order valence-electron chi connectivity index (χ2n) is 4.52. The van der Waals surface area contributed by atoms with E-state index in [0.29, 0.717) is 13.2 Å². The van der Waals surface area contributed by atoms with Crippen molar-refractivity contribution >= 4 is 11.8 Å². The van der Waals surface area contributed by atoms with E-state index in [2.05, 4.69) is 0 Å². The zero-order chi connectivity index (χ0) is 14.1. The van der Waals surface area contributed by atoms with Gasteiger partial charge >= 0.3 is 5.97 Å². The van der Waals surface area contributed by atoms with Crippen molar-refractivity contribution in [3.8, 4) is 0 Å². The van der Waals surface area contributed by atoms with Gasteiger partial charge < -0.3 is 9.47 Å². The summed E-state index contributed by atoms with van der Waals surface area (Å²) < 4.78 is 10.4. The Hall–Kier alpha value is -1.68. The molecule has 0 saturated carbocycles. The number of rotatable bonds is 8. The molecule has 0 heterocycles. The number of benzene rings is 1. The molecule has 0 N–H and O–H groups in total. The molecule has 1 unspecified atom stereocenters. The molecule has 1 aromatic carbocycles. The lowest BCUT2D eigenvalue weighted by atomic mass is 10.2. The Morgan fingerprint density at radius 1 is 1.21 bits per heavy atom. The Bertz CT molecular complexity index is 400. The van der Waals surface area contributed by atoms with Gasteiger partial charge in [-0.2, -0.15) is 0 Å². The second-order valence-corrected chi connectivity index (χ2v) is 4.52. The third-order valence-electron chi connectivity index (χ3n) is 2.58. The van der Waals surface area contributed by atoms with Crippen molar-refractivity contribution in [2.24, 2.45) is 5.92 Å². The third kappa shape index (κ3) is 6.72. The molecule has 4 heteroatoms. The van der Waals surface area contributed by atoms with Crippen molar-refractivity contribution < 1.29 is 19.1 Å². The molecule has 1 aromatic rings. The quantitative estimate of drug-likeness (QED) is 0.676. The van der Waals surface area contributed by atoms with Gasteiger partial charge in [0.15, 0.2) is 0 Å². The predicted molar refractivity (Wildman–Crippen MR) is 71.5 cm³/mol. The minimum Gasteiger partial charge on any atom is -0.465 e. The van der Waals surface area contributed by atoms with Crippen molar-refractivity contribution in [1.29, 1.82) is 0 Å². The minimum atomic E-state index is -0.325. The second kappa shape index (κ2) is 8.43. The smallest absolute Gasteiger partial charge is 0.311 e. The highest BCUT2D eigenvalue weighted by Gasteiger charge is 2.14. The Kier molecular flexibility index (Phi) is 6.82. The number of hydrogen-bond donors (Lipinski definition) is 0. The average Bonchev–Trinajstić information content (AvgIpc) is 2.39. The van der Waals surface area contributed by atoms with Crippen LogP contribution in [0, 0.1) is 5.92 Å². The molecule has 0 bridgehead atoms. The number of hydrogen-bond acceptors (Lipinski definition) is 4. The first-order valence-electron chi connectivity index (χ1n) is 6.37. The van der Waals surface area contributed by atoms with Crippen LogP contribution in [-0.2, 0) is 25.7 Å². The molecule has 1 atom stereocenters. The maximum atomic E-state index is 11.6. The van der Waals surface area contributed by atoms with E-state index in [1.807, 2.05) is 30.3 Å². The maximum absolute atomic E-state index is 11.6. The Morgan fingerprint density at radius 2 is 1.89 bits per heavy atom. The highest BCUT2D eigenvalue weighted by Crippen LogP contribution is 2.05. The van der Waals surface area contributed by atoms with Crippen LogP contribution >= 0.6 is 0 Å². The van der Waals surface area contributed by atoms with Gasteiger partial charge in [-0.25, -0.2) is 0 Å². The van der Waals surface area contributed by atoms with Crippen molar-refractivity contribution in [2.45, 2.75) is 26.9 Å². The van der Waals surface area contributed by atoms with E-state index in [4.69, 9.17) is 9.47 Å². The van der Waals surface area contributed by atoms with Crippen LogP contribution in [-0.4, -0.2) is 25.0 Å². The number of carbonyl (C=O) groups is 2. The molecule has 0 aliphatic rings. The van der Waals surface area contributed by atoms with E-state index >= 15 is 0 Å². The number of carbonyl (C=O) groups excluding carboxylic acids is 2. The van der Waals surface area contributed by atoms with Crippen LogP contribution in [0.1, 0.15) is 25.8 Å². The lowest BCUT2D eigenvalue weighted by Gasteiger charge is -2.11. The van der Waals surface area contributed by atoms with Gasteiger partial charge in [0, 0.05) is 6.42 Å². The standard InChI is InChI=1S/C15H20O4/c1-12(15(17)19-9-8-13(2)16)10-18-11-14-6-4-3-5-7-14/h3-7,12H,8-11H2,1-2H3. The fraction of sp³-hybridized carbons (Fsp3) is 0.467. The molecule has 19 heavy (non-hydrogen) atoms. The van der Waals surface area contributed by atoms with E-state index in [0.717, 1.165) is 5.56 Å². The lowest BCUT2D eigenvalue weighted by molar-refractivity contribution is -0.150. The van der Waals surface area contributed by atoms with Gasteiger partial charge in [-0.05, 0) is 19.4 Å². The fourth-order valence-electron chi connectivity index (χ4n) is 1.43. The molecule has 104 valence electrons. The molecular weight excluding hydrogens is 244 g/mol. The zero-order valence-corrected chi connectivity index (χ0v) is 11.4. The van der Waals surface area contributed by atoms with Gasteiger partial charge in [-0.3, -0.25) is 9.59 Å². The van der Waals surface area contributed by atoms with Crippen molar-refractivity contribution in [3.63, 3.8) is 0 Å². The zero-order valence-electron chi connectivity index (χ0n) is 11.4. The van der Waals surface area contributed by atoms with Crippen LogP contribution in [0.25, 0.3) is 0 Å². The highest BCUT2D eigenvalue weighted by atomic mass is 16.5. The lowest BCUT2D eigenvalue weighted by Crippen LogP contribution is -2.20. The van der Waals surface area contributed by atoms with Gasteiger partial charge in [0.2, 0.25) is 0 Å². The molecule has 0 aliphatic heterocycles. The SMILES string of the molecule is CC(=O)CCOC(=O)C(C)COCc1ccccc1. The summed E-state index contributed by atoms with van der Waals surface area (Å²) in [6.45, 7) is 4.16. The summed E-state index contributed by atoms with van der Waals surface area (Å²) in [5.41, 5.74) is 1.07. The maximum Gasteiger partial charge on any atom is 0.311 e. The first kappa shape index (κ1) is 15.4. The molecule has 0 aromatic heterocycles. The largest absolute Gasteiger partial charge is 0.465 e. The van der Waals surface area contributed by atoms with Crippen molar-refractivity contribution in [2.75, 3.05) is 13.2 Å². The topological polar surface area (TPSA) is 52.6 Å². The van der Waals surface area contributed by atoms with Gasteiger partial charge in [0.1, 0.15) is 5.78 Å². The summed E-state index contributed by atoms with van der Waals surface area (Å²) in [5.74, 6) is -0.634. The normalized spacial score (nSPS) is 11.9. The van der Waals surface area contributed by atoms with Crippen molar-refractivity contribution in [3.05, 3.63) is 35.9 Å². The van der Waals surface area contributed by atoms with Crippen LogP contribution in [0.15, 0.2) is 30.3 Å². The predicted octanol–water partition coefficient (Wildman–Crippen LogP) is 2.36. The first-order valence-corrected chi connectivity index (χ1v) is 6.37. The summed E-state index contributed by atoms with van der Waals surface area (Å²) >= 11 is 0. The summed E-state index contributed by atoms with van der Waals surface area (Å²) in [4.78, 5) is 22.3. The molecule has 0 radical (unpaired) electrons. The van der Waals surface area contributed by atoms with Crippen LogP contribution in [0.4, 0.5) is 0 Å². The Balaban J connectivity index is 2.18. The monoisotopic (exact) mass is 264 g/mol. The highest BCUT2D eigenvalue weighted by molar-refractivity contribution is 5.76. The summed E-state index contributed by atoms with van der Waals surface area (Å²) in [6.07, 6.45) is 0.267. The van der Waals surface area contributed by atoms with E-state index in [9.17, 15) is 9.59 Å². The van der Waals surface area contributed by atoms with Gasteiger partial charge in [0.25, 0.3) is 0 Å². The molecule has 4 nitrogen and oxygen atoms in total. The average molecular weight is 264 g/mol. The van der Waals surface area contributed by atoms with Gasteiger partial charge in [-0.15, -0.1) is 0 Å². The van der Waals surface area contributed by atoms with E-state index < -0.39 is 0 Å². The molecule has 0 aliphatic carbocycles. The molecule has 0 spiro atoms. The van der Waals surface area contributed by atoms with E-state index in [-0.39, 0.29) is 30.7 Å². The Morgan fingerprint density at radius 3 is 2.53 bits per heavy atom. The number of esters is 1. The molecule has 0 amide bonds. The molecule has 0 fully saturated rings. The number of ketones is 1. The van der Waals surface area contributed by atoms with E-state index in [1.165, 1.54) is 6.92 Å². The van der Waals surface area contributed by atoms with Gasteiger partial charge in [0.05, 0.1) is 25.7 Å². The van der Waals surface area contributed by atoms with Crippen LogP contribution < -0.4 is 0 Å².